The Kier molecular flexibility index (Phi) is 3.72. The van der Waals surface area contributed by atoms with Crippen LogP contribution in [0.5, 0.6) is 0 Å². The van der Waals surface area contributed by atoms with Gasteiger partial charge in [-0.25, -0.2) is 0 Å². The Bertz CT molecular complexity index is 249. The van der Waals surface area contributed by atoms with Crippen LogP contribution in [0.1, 0.15) is 57.8 Å². The van der Waals surface area contributed by atoms with E-state index in [2.05, 4.69) is 4.90 Å². The summed E-state index contributed by atoms with van der Waals surface area (Å²) in [6, 6.07) is 1.62. The Morgan fingerprint density at radius 3 is 2.35 bits per heavy atom. The van der Waals surface area contributed by atoms with E-state index in [0.717, 1.165) is 30.5 Å². The van der Waals surface area contributed by atoms with Crippen molar-refractivity contribution in [3.63, 3.8) is 0 Å². The van der Waals surface area contributed by atoms with Gasteiger partial charge in [-0.1, -0.05) is 25.7 Å². The third-order valence-corrected chi connectivity index (χ3v) is 5.53. The van der Waals surface area contributed by atoms with Crippen LogP contribution in [0.2, 0.25) is 0 Å². The Hall–Kier alpha value is -0.0800. The molecule has 0 amide bonds. The van der Waals surface area contributed by atoms with Gasteiger partial charge in [-0.3, -0.25) is 4.90 Å². The summed E-state index contributed by atoms with van der Waals surface area (Å²) in [6.45, 7) is 1.28. The molecule has 0 heterocycles. The molecule has 3 atom stereocenters. The second kappa shape index (κ2) is 5.27. The maximum Gasteiger partial charge on any atom is 0.0558 e. The minimum atomic E-state index is 0.352. The van der Waals surface area contributed by atoms with Crippen LogP contribution in [0.4, 0.5) is 0 Å². The highest BCUT2D eigenvalue weighted by atomic mass is 16.3. The molecule has 2 nitrogen and oxygen atoms in total. The largest absolute Gasteiger partial charge is 0.395 e. The summed E-state index contributed by atoms with van der Waals surface area (Å²) in [5.41, 5.74) is 0. The second-order valence-corrected chi connectivity index (χ2v) is 6.50. The summed E-state index contributed by atoms with van der Waals surface area (Å²) in [5.74, 6) is 1.99. The number of nitrogens with zero attached hydrogens (tertiary/aromatic N) is 1. The lowest BCUT2D eigenvalue weighted by Gasteiger charge is -2.41. The molecule has 3 aliphatic rings. The van der Waals surface area contributed by atoms with Crippen LogP contribution in [-0.2, 0) is 0 Å². The van der Waals surface area contributed by atoms with Gasteiger partial charge in [0.1, 0.15) is 0 Å². The second-order valence-electron chi connectivity index (χ2n) is 6.50. The predicted octanol–water partition coefficient (Wildman–Crippen LogP) is 2.80. The van der Waals surface area contributed by atoms with Crippen LogP contribution in [0.15, 0.2) is 0 Å². The number of hydrogen-bond acceptors (Lipinski definition) is 2. The van der Waals surface area contributed by atoms with Crippen molar-refractivity contribution in [1.82, 2.24) is 4.90 Å². The standard InChI is InChI=1S/C15H27NO/c17-9-8-16(14-4-2-1-3-5-14)15-11-12-6-7-13(15)10-12/h12-15,17H,1-11H2. The molecule has 3 rings (SSSR count). The molecule has 17 heavy (non-hydrogen) atoms. The zero-order chi connectivity index (χ0) is 11.7. The molecule has 3 saturated carbocycles. The topological polar surface area (TPSA) is 23.5 Å². The van der Waals surface area contributed by atoms with Crippen molar-refractivity contribution >= 4 is 0 Å². The van der Waals surface area contributed by atoms with E-state index >= 15 is 0 Å². The van der Waals surface area contributed by atoms with Gasteiger partial charge in [0.2, 0.25) is 0 Å². The Morgan fingerprint density at radius 1 is 0.941 bits per heavy atom. The van der Waals surface area contributed by atoms with E-state index in [-0.39, 0.29) is 0 Å². The van der Waals surface area contributed by atoms with Crippen molar-refractivity contribution in [2.24, 2.45) is 11.8 Å². The first-order valence-corrected chi connectivity index (χ1v) is 7.75. The van der Waals surface area contributed by atoms with Gasteiger partial charge in [-0.05, 0) is 43.9 Å². The van der Waals surface area contributed by atoms with E-state index in [1.807, 2.05) is 0 Å². The van der Waals surface area contributed by atoms with E-state index in [1.54, 1.807) is 0 Å². The summed E-state index contributed by atoms with van der Waals surface area (Å²) in [6.07, 6.45) is 12.9. The van der Waals surface area contributed by atoms with E-state index in [4.69, 9.17) is 0 Å². The number of fused-ring (bicyclic) bond motifs is 2. The molecule has 0 aromatic carbocycles. The average Bonchev–Trinajstić information content (AvgIpc) is 2.99. The Morgan fingerprint density at radius 2 is 1.76 bits per heavy atom. The summed E-state index contributed by atoms with van der Waals surface area (Å²) in [7, 11) is 0. The molecule has 98 valence electrons. The molecule has 0 spiro atoms. The monoisotopic (exact) mass is 237 g/mol. The fourth-order valence-corrected chi connectivity index (χ4v) is 4.76. The quantitative estimate of drug-likeness (QED) is 0.812. The highest BCUT2D eigenvalue weighted by Gasteiger charge is 2.43. The van der Waals surface area contributed by atoms with Gasteiger partial charge >= 0.3 is 0 Å². The van der Waals surface area contributed by atoms with Crippen molar-refractivity contribution in [2.75, 3.05) is 13.2 Å². The van der Waals surface area contributed by atoms with Gasteiger partial charge in [0.25, 0.3) is 0 Å². The van der Waals surface area contributed by atoms with E-state index in [9.17, 15) is 5.11 Å². The van der Waals surface area contributed by atoms with Crippen molar-refractivity contribution in [2.45, 2.75) is 69.9 Å². The molecule has 2 bridgehead atoms. The van der Waals surface area contributed by atoms with Crippen LogP contribution < -0.4 is 0 Å². The highest BCUT2D eigenvalue weighted by molar-refractivity contribution is 4.97. The predicted molar refractivity (Wildman–Crippen MR) is 69.9 cm³/mol. The minimum absolute atomic E-state index is 0.352. The molecule has 3 aliphatic carbocycles. The number of aliphatic hydroxyl groups is 1. The molecule has 3 fully saturated rings. The normalized spacial score (nSPS) is 38.1. The van der Waals surface area contributed by atoms with Gasteiger partial charge < -0.3 is 5.11 Å². The van der Waals surface area contributed by atoms with Crippen LogP contribution in [0.25, 0.3) is 0 Å². The lowest BCUT2D eigenvalue weighted by molar-refractivity contribution is 0.0538. The first kappa shape index (κ1) is 12.0. The van der Waals surface area contributed by atoms with Gasteiger partial charge in [-0.2, -0.15) is 0 Å². The molecule has 0 aromatic heterocycles. The van der Waals surface area contributed by atoms with Crippen LogP contribution in [-0.4, -0.2) is 35.2 Å². The fourth-order valence-electron chi connectivity index (χ4n) is 4.76. The number of hydrogen-bond donors (Lipinski definition) is 1. The third kappa shape index (κ3) is 2.39. The molecule has 1 N–H and O–H groups in total. The first-order valence-electron chi connectivity index (χ1n) is 7.75. The zero-order valence-electron chi connectivity index (χ0n) is 11.0. The summed E-state index contributed by atoms with van der Waals surface area (Å²) < 4.78 is 0. The molecular formula is C15H27NO. The first-order chi connectivity index (χ1) is 8.38. The van der Waals surface area contributed by atoms with E-state index in [0.29, 0.717) is 6.61 Å². The van der Waals surface area contributed by atoms with Crippen molar-refractivity contribution < 1.29 is 5.11 Å². The van der Waals surface area contributed by atoms with Crippen molar-refractivity contribution in [1.29, 1.82) is 0 Å². The van der Waals surface area contributed by atoms with Crippen LogP contribution in [0, 0.1) is 11.8 Å². The van der Waals surface area contributed by atoms with E-state index in [1.165, 1.54) is 57.8 Å². The maximum absolute atomic E-state index is 9.36. The van der Waals surface area contributed by atoms with Crippen LogP contribution >= 0.6 is 0 Å². The summed E-state index contributed by atoms with van der Waals surface area (Å²) in [5, 5.41) is 9.36. The van der Waals surface area contributed by atoms with Crippen molar-refractivity contribution in [3.05, 3.63) is 0 Å². The molecule has 3 unspecified atom stereocenters. The van der Waals surface area contributed by atoms with Crippen LogP contribution in [0.3, 0.4) is 0 Å². The van der Waals surface area contributed by atoms with Crippen molar-refractivity contribution in [3.8, 4) is 0 Å². The summed E-state index contributed by atoms with van der Waals surface area (Å²) >= 11 is 0. The van der Waals surface area contributed by atoms with Gasteiger partial charge in [0.15, 0.2) is 0 Å². The Labute approximate surface area is 105 Å². The third-order valence-electron chi connectivity index (χ3n) is 5.53. The average molecular weight is 237 g/mol. The van der Waals surface area contributed by atoms with Gasteiger partial charge in [0, 0.05) is 18.6 Å². The SMILES string of the molecule is OCCN(C1CCCCC1)C1CC2CCC1C2. The van der Waals surface area contributed by atoms with Gasteiger partial charge in [0.05, 0.1) is 6.61 Å². The maximum atomic E-state index is 9.36. The molecular weight excluding hydrogens is 210 g/mol. The fraction of sp³-hybridized carbons (Fsp3) is 1.00. The summed E-state index contributed by atoms with van der Waals surface area (Å²) in [4.78, 5) is 2.71. The molecule has 2 heteroatoms. The highest BCUT2D eigenvalue weighted by Crippen LogP contribution is 2.47. The number of aliphatic hydroxyl groups excluding tert-OH is 1. The Balaban J connectivity index is 1.66. The molecule has 0 aromatic rings. The lowest BCUT2D eigenvalue weighted by atomic mass is 9.88. The molecule has 0 radical (unpaired) electrons. The lowest BCUT2D eigenvalue weighted by Crippen LogP contribution is -2.47. The molecule has 0 aliphatic heterocycles. The van der Waals surface area contributed by atoms with E-state index < -0.39 is 0 Å². The smallest absolute Gasteiger partial charge is 0.0558 e. The minimum Gasteiger partial charge on any atom is -0.395 e. The zero-order valence-corrected chi connectivity index (χ0v) is 11.0. The molecule has 0 saturated heterocycles. The number of rotatable bonds is 4. The van der Waals surface area contributed by atoms with Gasteiger partial charge in [-0.15, -0.1) is 0 Å².